The van der Waals surface area contributed by atoms with Crippen LogP contribution >= 0.6 is 12.2 Å². The molecule has 1 aliphatic heterocycles. The molecule has 2 aromatic rings. The Hall–Kier alpha value is -1.68. The SMILES string of the molecule is Cn1c(=S)n2c3c(cccc31)C=NC=C2. The third-order valence-corrected chi connectivity index (χ3v) is 3.13. The maximum absolute atomic E-state index is 5.37. The van der Waals surface area contributed by atoms with Crippen molar-refractivity contribution in [3.63, 3.8) is 0 Å². The average molecular weight is 215 g/mol. The summed E-state index contributed by atoms with van der Waals surface area (Å²) in [5.74, 6) is 0. The molecule has 0 radical (unpaired) electrons. The van der Waals surface area contributed by atoms with Crippen molar-refractivity contribution in [3.8, 4) is 0 Å². The number of nitrogens with zero attached hydrogens (tertiary/aromatic N) is 3. The van der Waals surface area contributed by atoms with Gasteiger partial charge in [0.25, 0.3) is 0 Å². The van der Waals surface area contributed by atoms with Crippen molar-refractivity contribution in [3.05, 3.63) is 34.7 Å². The highest BCUT2D eigenvalue weighted by Crippen LogP contribution is 2.21. The highest BCUT2D eigenvalue weighted by Gasteiger charge is 2.10. The van der Waals surface area contributed by atoms with E-state index in [1.165, 1.54) is 0 Å². The number of hydrogen-bond acceptors (Lipinski definition) is 2. The predicted molar refractivity (Wildman–Crippen MR) is 64.7 cm³/mol. The Morgan fingerprint density at radius 2 is 2.20 bits per heavy atom. The molecule has 0 spiro atoms. The van der Waals surface area contributed by atoms with Gasteiger partial charge in [-0.25, -0.2) is 0 Å². The lowest BCUT2D eigenvalue weighted by atomic mass is 10.2. The van der Waals surface area contributed by atoms with E-state index in [-0.39, 0.29) is 0 Å². The maximum atomic E-state index is 5.37. The molecule has 0 unspecified atom stereocenters. The van der Waals surface area contributed by atoms with Gasteiger partial charge in [-0.2, -0.15) is 0 Å². The van der Waals surface area contributed by atoms with E-state index >= 15 is 0 Å². The highest BCUT2D eigenvalue weighted by molar-refractivity contribution is 7.71. The van der Waals surface area contributed by atoms with Gasteiger partial charge in [-0.3, -0.25) is 9.56 Å². The molecule has 0 atom stereocenters. The van der Waals surface area contributed by atoms with Crippen molar-refractivity contribution >= 4 is 35.7 Å². The van der Waals surface area contributed by atoms with Crippen molar-refractivity contribution in [1.82, 2.24) is 9.13 Å². The number of para-hydroxylation sites is 1. The summed E-state index contributed by atoms with van der Waals surface area (Å²) in [6, 6.07) is 6.14. The molecule has 0 saturated heterocycles. The molecule has 0 N–H and O–H groups in total. The molecule has 3 nitrogen and oxygen atoms in total. The summed E-state index contributed by atoms with van der Waals surface area (Å²) in [5, 5.41) is 0. The Morgan fingerprint density at radius 3 is 3.07 bits per heavy atom. The molecule has 0 fully saturated rings. The minimum Gasteiger partial charge on any atom is -0.319 e. The zero-order valence-electron chi connectivity index (χ0n) is 8.21. The van der Waals surface area contributed by atoms with Crippen molar-refractivity contribution in [2.45, 2.75) is 0 Å². The first-order valence-electron chi connectivity index (χ1n) is 4.69. The smallest absolute Gasteiger partial charge is 0.184 e. The molecule has 1 aliphatic rings. The van der Waals surface area contributed by atoms with Gasteiger partial charge in [-0.15, -0.1) is 0 Å². The molecule has 0 bridgehead atoms. The predicted octanol–water partition coefficient (Wildman–Crippen LogP) is 2.57. The second-order valence-electron chi connectivity index (χ2n) is 3.50. The third kappa shape index (κ3) is 1.05. The first-order chi connectivity index (χ1) is 7.29. The Balaban J connectivity index is 2.66. The Morgan fingerprint density at radius 1 is 1.33 bits per heavy atom. The second-order valence-corrected chi connectivity index (χ2v) is 3.87. The van der Waals surface area contributed by atoms with Gasteiger partial charge in [0.15, 0.2) is 4.77 Å². The van der Waals surface area contributed by atoms with Gasteiger partial charge >= 0.3 is 0 Å². The van der Waals surface area contributed by atoms with Crippen LogP contribution in [0.2, 0.25) is 0 Å². The van der Waals surface area contributed by atoms with Crippen molar-refractivity contribution in [1.29, 1.82) is 0 Å². The first kappa shape index (κ1) is 8.61. The summed E-state index contributed by atoms with van der Waals surface area (Å²) in [4.78, 5) is 4.17. The fourth-order valence-corrected chi connectivity index (χ4v) is 2.16. The number of aryl methyl sites for hydroxylation is 1. The van der Waals surface area contributed by atoms with E-state index in [0.29, 0.717) is 0 Å². The monoisotopic (exact) mass is 215 g/mol. The van der Waals surface area contributed by atoms with Crippen LogP contribution in [0.15, 0.2) is 29.4 Å². The van der Waals surface area contributed by atoms with Crippen LogP contribution in [-0.2, 0) is 7.05 Å². The molecular weight excluding hydrogens is 206 g/mol. The fourth-order valence-electron chi connectivity index (χ4n) is 1.91. The lowest BCUT2D eigenvalue weighted by molar-refractivity contribution is 0.901. The molecule has 1 aromatic heterocycles. The van der Waals surface area contributed by atoms with Gasteiger partial charge in [0, 0.05) is 31.2 Å². The fraction of sp³-hybridized carbons (Fsp3) is 0.0909. The van der Waals surface area contributed by atoms with Crippen LogP contribution in [-0.4, -0.2) is 15.3 Å². The van der Waals surface area contributed by atoms with Crippen LogP contribution in [0.3, 0.4) is 0 Å². The minimum atomic E-state index is 0.791. The standard InChI is InChI=1S/C11H9N3S/c1-13-9-4-2-3-8-7-12-5-6-14(10(8)9)11(13)15/h2-7H,1H3. The highest BCUT2D eigenvalue weighted by atomic mass is 32.1. The molecule has 2 heterocycles. The molecule has 0 saturated carbocycles. The topological polar surface area (TPSA) is 22.2 Å². The van der Waals surface area contributed by atoms with Crippen LogP contribution in [0.1, 0.15) is 5.56 Å². The summed E-state index contributed by atoms with van der Waals surface area (Å²) in [6.45, 7) is 0. The molecule has 0 amide bonds. The van der Waals surface area contributed by atoms with Crippen LogP contribution in [0.4, 0.5) is 0 Å². The Kier molecular flexibility index (Phi) is 1.67. The Labute approximate surface area is 92.0 Å². The number of hydrogen-bond donors (Lipinski definition) is 0. The molecule has 1 aromatic carbocycles. The van der Waals surface area contributed by atoms with E-state index < -0.39 is 0 Å². The molecule has 74 valence electrons. The quantitative estimate of drug-likeness (QED) is 0.619. The van der Waals surface area contributed by atoms with Crippen molar-refractivity contribution in [2.75, 3.05) is 0 Å². The van der Waals surface area contributed by atoms with E-state index in [4.69, 9.17) is 12.2 Å². The van der Waals surface area contributed by atoms with Gasteiger partial charge in [-0.1, -0.05) is 12.1 Å². The third-order valence-electron chi connectivity index (χ3n) is 2.66. The largest absolute Gasteiger partial charge is 0.319 e. The van der Waals surface area contributed by atoms with Crippen LogP contribution < -0.4 is 0 Å². The number of imidazole rings is 1. The van der Waals surface area contributed by atoms with Gasteiger partial charge in [-0.05, 0) is 18.3 Å². The van der Waals surface area contributed by atoms with Gasteiger partial charge in [0.2, 0.25) is 0 Å². The lowest BCUT2D eigenvalue weighted by Gasteiger charge is -1.97. The van der Waals surface area contributed by atoms with Crippen LogP contribution in [0.5, 0.6) is 0 Å². The first-order valence-corrected chi connectivity index (χ1v) is 5.09. The summed E-state index contributed by atoms with van der Waals surface area (Å²) < 4.78 is 4.80. The summed E-state index contributed by atoms with van der Waals surface area (Å²) in [7, 11) is 1.98. The lowest BCUT2D eigenvalue weighted by Crippen LogP contribution is -1.89. The molecule has 15 heavy (non-hydrogen) atoms. The second kappa shape index (κ2) is 2.90. The number of aromatic nitrogens is 2. The van der Waals surface area contributed by atoms with Crippen LogP contribution in [0, 0.1) is 4.77 Å². The normalized spacial score (nSPS) is 13.4. The van der Waals surface area contributed by atoms with Crippen molar-refractivity contribution in [2.24, 2.45) is 12.0 Å². The number of aliphatic imine (C=N–C) groups is 1. The number of benzene rings is 1. The summed E-state index contributed by atoms with van der Waals surface area (Å²) >= 11 is 5.37. The van der Waals surface area contributed by atoms with Crippen molar-refractivity contribution < 1.29 is 0 Å². The van der Waals surface area contributed by atoms with E-state index in [1.807, 2.05) is 40.7 Å². The number of rotatable bonds is 0. The van der Waals surface area contributed by atoms with Gasteiger partial charge in [0.1, 0.15) is 0 Å². The van der Waals surface area contributed by atoms with Gasteiger partial charge < -0.3 is 4.57 Å². The summed E-state index contributed by atoms with van der Waals surface area (Å²) in [5.41, 5.74) is 3.36. The minimum absolute atomic E-state index is 0.791. The molecule has 3 rings (SSSR count). The Bertz CT molecular complexity index is 658. The van der Waals surface area contributed by atoms with Crippen LogP contribution in [0.25, 0.3) is 17.2 Å². The van der Waals surface area contributed by atoms with E-state index in [1.54, 1.807) is 6.20 Å². The zero-order chi connectivity index (χ0) is 10.4. The van der Waals surface area contributed by atoms with E-state index in [0.717, 1.165) is 21.4 Å². The van der Waals surface area contributed by atoms with E-state index in [2.05, 4.69) is 11.1 Å². The molecular formula is C11H9N3S. The summed E-state index contributed by atoms with van der Waals surface area (Å²) in [6.07, 6.45) is 5.52. The van der Waals surface area contributed by atoms with E-state index in [9.17, 15) is 0 Å². The zero-order valence-corrected chi connectivity index (χ0v) is 9.03. The molecule has 0 aliphatic carbocycles. The maximum Gasteiger partial charge on any atom is 0.184 e. The van der Waals surface area contributed by atoms with Gasteiger partial charge in [0.05, 0.1) is 11.0 Å². The molecule has 4 heteroatoms. The average Bonchev–Trinajstić information content (AvgIpc) is 2.45.